The van der Waals surface area contributed by atoms with Gasteiger partial charge in [0.1, 0.15) is 5.75 Å². The first-order valence-corrected chi connectivity index (χ1v) is 8.75. The summed E-state index contributed by atoms with van der Waals surface area (Å²) in [4.78, 5) is 12.4. The number of hydrogen-bond donors (Lipinski definition) is 0. The van der Waals surface area contributed by atoms with Crippen LogP contribution >= 0.6 is 8.58 Å². The highest BCUT2D eigenvalue weighted by Gasteiger charge is 2.42. The highest BCUT2D eigenvalue weighted by Crippen LogP contribution is 2.41. The van der Waals surface area contributed by atoms with Gasteiger partial charge in [0.25, 0.3) is 0 Å². The van der Waals surface area contributed by atoms with Gasteiger partial charge in [-0.05, 0) is 52.0 Å². The Hall–Kier alpha value is -2.08. The first kappa shape index (κ1) is 21.2. The summed E-state index contributed by atoms with van der Waals surface area (Å²) in [5, 5.41) is 0.307. The first-order valence-electron chi connectivity index (χ1n) is 7.75. The van der Waals surface area contributed by atoms with E-state index in [0.29, 0.717) is 29.3 Å². The molecule has 0 heterocycles. The number of rotatable bonds is 5. The Bertz CT molecular complexity index is 778. The molecule has 1 unspecified atom stereocenters. The van der Waals surface area contributed by atoms with Gasteiger partial charge in [0.15, 0.2) is 5.52 Å². The van der Waals surface area contributed by atoms with E-state index < -0.39 is 43.1 Å². The monoisotopic (exact) mass is 408 g/mol. The molecule has 0 spiro atoms. The smallest absolute Gasteiger partial charge is 0.417 e. The highest BCUT2D eigenvalue weighted by atomic mass is 31.1. The molecule has 0 saturated carbocycles. The van der Waals surface area contributed by atoms with Crippen molar-refractivity contribution in [3.05, 3.63) is 59.2 Å². The van der Waals surface area contributed by atoms with Gasteiger partial charge in [0.05, 0.1) is 17.2 Å². The maximum Gasteiger partial charge on any atom is 0.417 e. The summed E-state index contributed by atoms with van der Waals surface area (Å²) in [6.07, 6.45) is -10.3. The van der Waals surface area contributed by atoms with E-state index in [2.05, 4.69) is 0 Å². The van der Waals surface area contributed by atoms with Crippen LogP contribution in [0.15, 0.2) is 42.5 Å². The van der Waals surface area contributed by atoms with E-state index in [9.17, 15) is 31.1 Å². The predicted molar refractivity (Wildman–Crippen MR) is 90.9 cm³/mol. The van der Waals surface area contributed by atoms with Crippen molar-refractivity contribution in [3.63, 3.8) is 0 Å². The number of hydrogen-bond acceptors (Lipinski definition) is 2. The lowest BCUT2D eigenvalue weighted by Crippen LogP contribution is -2.19. The molecule has 2 aromatic carbocycles. The van der Waals surface area contributed by atoms with E-state index in [1.807, 2.05) is 0 Å². The molecule has 2 rings (SSSR count). The zero-order valence-corrected chi connectivity index (χ0v) is 15.2. The Morgan fingerprint density at radius 1 is 0.889 bits per heavy atom. The van der Waals surface area contributed by atoms with Crippen molar-refractivity contribution >= 4 is 19.4 Å². The Morgan fingerprint density at radius 2 is 1.37 bits per heavy atom. The zero-order chi connectivity index (χ0) is 20.4. The Kier molecular flexibility index (Phi) is 6.20. The van der Waals surface area contributed by atoms with E-state index in [-0.39, 0.29) is 6.10 Å². The van der Waals surface area contributed by atoms with Gasteiger partial charge in [0.2, 0.25) is 0 Å². The van der Waals surface area contributed by atoms with Crippen LogP contribution in [0.25, 0.3) is 0 Å². The molecule has 0 saturated heterocycles. The van der Waals surface area contributed by atoms with Crippen molar-refractivity contribution in [2.24, 2.45) is 0 Å². The van der Waals surface area contributed by atoms with E-state index in [1.165, 1.54) is 24.3 Å². The molecule has 2 nitrogen and oxygen atoms in total. The summed E-state index contributed by atoms with van der Waals surface area (Å²) in [6, 6.07) is 7.50. The molecule has 0 aliphatic rings. The van der Waals surface area contributed by atoms with Gasteiger partial charge in [-0.3, -0.25) is 4.79 Å². The van der Waals surface area contributed by atoms with Crippen LogP contribution in [0.3, 0.4) is 0 Å². The minimum atomic E-state index is -5.08. The Labute approximate surface area is 153 Å². The number of ether oxygens (including phenoxy) is 1. The predicted octanol–water partition coefficient (Wildman–Crippen LogP) is 5.66. The second-order valence-electron chi connectivity index (χ2n) is 5.87. The van der Waals surface area contributed by atoms with Crippen LogP contribution < -0.4 is 10.0 Å². The fourth-order valence-electron chi connectivity index (χ4n) is 2.35. The highest BCUT2D eigenvalue weighted by molar-refractivity contribution is 7.66. The molecule has 0 amide bonds. The molecule has 146 valence electrons. The number of carbonyl (C=O) groups excluding carboxylic acids is 1. The largest absolute Gasteiger partial charge is 0.491 e. The average Bonchev–Trinajstić information content (AvgIpc) is 2.54. The molecule has 0 N–H and O–H groups in total. The van der Waals surface area contributed by atoms with Crippen LogP contribution in [-0.2, 0) is 12.4 Å². The molecule has 0 aliphatic carbocycles. The summed E-state index contributed by atoms with van der Waals surface area (Å²) < 4.78 is 84.3. The summed E-state index contributed by atoms with van der Waals surface area (Å²) in [5.74, 6) is 0.484. The molecule has 0 fully saturated rings. The number of halogens is 6. The third-order valence-corrected chi connectivity index (χ3v) is 4.49. The van der Waals surface area contributed by atoms with Crippen molar-refractivity contribution in [2.75, 3.05) is 0 Å². The van der Waals surface area contributed by atoms with Crippen LogP contribution in [0, 0.1) is 0 Å². The topological polar surface area (TPSA) is 26.3 Å². The van der Waals surface area contributed by atoms with Crippen LogP contribution in [0.2, 0.25) is 0 Å². The lowest BCUT2D eigenvalue weighted by atomic mass is 10.0. The van der Waals surface area contributed by atoms with Gasteiger partial charge in [-0.1, -0.05) is 18.2 Å². The summed E-state index contributed by atoms with van der Waals surface area (Å²) >= 11 is 0. The molecule has 0 aromatic heterocycles. The number of alkyl halides is 6. The second kappa shape index (κ2) is 7.89. The number of carbonyl (C=O) groups is 1. The number of benzene rings is 2. The van der Waals surface area contributed by atoms with E-state index in [0.717, 1.165) is 0 Å². The normalized spacial score (nSPS) is 12.8. The first-order chi connectivity index (χ1) is 12.4. The van der Waals surface area contributed by atoms with Crippen molar-refractivity contribution in [1.82, 2.24) is 0 Å². The minimum Gasteiger partial charge on any atom is -0.491 e. The second-order valence-corrected chi connectivity index (χ2v) is 7.15. The van der Waals surface area contributed by atoms with Crippen molar-refractivity contribution in [3.8, 4) is 5.75 Å². The quantitative estimate of drug-likeness (QED) is 0.472. The molecule has 0 bridgehead atoms. The average molecular weight is 408 g/mol. The van der Waals surface area contributed by atoms with Gasteiger partial charge in [-0.2, -0.15) is 26.3 Å². The molecule has 27 heavy (non-hydrogen) atoms. The molecule has 0 aliphatic heterocycles. The lowest BCUT2D eigenvalue weighted by Gasteiger charge is -2.18. The van der Waals surface area contributed by atoms with Crippen LogP contribution in [0.1, 0.15) is 35.3 Å². The molecule has 0 radical (unpaired) electrons. The van der Waals surface area contributed by atoms with Crippen LogP contribution in [0.5, 0.6) is 5.75 Å². The van der Waals surface area contributed by atoms with E-state index in [1.54, 1.807) is 13.8 Å². The Morgan fingerprint density at radius 3 is 1.78 bits per heavy atom. The van der Waals surface area contributed by atoms with Crippen molar-refractivity contribution in [1.29, 1.82) is 0 Å². The standard InChI is InChI=1S/C18H15F6O2P/c1-10(2)26-11-6-8-12(9-7-11)27-16(25)15-13(17(19,20)21)4-3-5-14(15)18(22,23)24/h3-10,27H,1-2H3. The van der Waals surface area contributed by atoms with Crippen molar-refractivity contribution in [2.45, 2.75) is 32.3 Å². The van der Waals surface area contributed by atoms with Gasteiger partial charge < -0.3 is 4.74 Å². The van der Waals surface area contributed by atoms with E-state index in [4.69, 9.17) is 4.74 Å². The van der Waals surface area contributed by atoms with Gasteiger partial charge in [-0.15, -0.1) is 0 Å². The maximum atomic E-state index is 13.2. The molecular weight excluding hydrogens is 393 g/mol. The summed E-state index contributed by atoms with van der Waals surface area (Å²) in [6.45, 7) is 3.60. The van der Waals surface area contributed by atoms with Crippen molar-refractivity contribution < 1.29 is 35.9 Å². The minimum absolute atomic E-state index is 0.104. The van der Waals surface area contributed by atoms with Crippen LogP contribution in [0.4, 0.5) is 26.3 Å². The molecule has 9 heteroatoms. The zero-order valence-electron chi connectivity index (χ0n) is 14.2. The van der Waals surface area contributed by atoms with Gasteiger partial charge in [-0.25, -0.2) is 0 Å². The van der Waals surface area contributed by atoms with Gasteiger partial charge in [0, 0.05) is 5.56 Å². The molecular formula is C18H15F6O2P. The lowest BCUT2D eigenvalue weighted by molar-refractivity contribution is -0.143. The summed E-state index contributed by atoms with van der Waals surface area (Å²) in [7, 11) is -0.896. The van der Waals surface area contributed by atoms with Gasteiger partial charge >= 0.3 is 12.4 Å². The SMILES string of the molecule is CC(C)Oc1ccc(PC(=O)c2c(C(F)(F)F)cccc2C(F)(F)F)cc1. The van der Waals surface area contributed by atoms with E-state index >= 15 is 0 Å². The Balaban J connectivity index is 2.40. The molecule has 2 aromatic rings. The third kappa shape index (κ3) is 5.45. The fraction of sp³-hybridized carbons (Fsp3) is 0.278. The fourth-order valence-corrected chi connectivity index (χ4v) is 3.34. The molecule has 1 atom stereocenters. The maximum absolute atomic E-state index is 13.2. The summed E-state index contributed by atoms with van der Waals surface area (Å²) in [5.41, 5.74) is -5.75. The third-order valence-electron chi connectivity index (χ3n) is 3.39. The van der Waals surface area contributed by atoms with Crippen LogP contribution in [-0.4, -0.2) is 11.6 Å².